The lowest BCUT2D eigenvalue weighted by atomic mass is 10.1. The number of anilines is 1. The molecule has 0 fully saturated rings. The molecule has 29 heavy (non-hydrogen) atoms. The van der Waals surface area contributed by atoms with Crippen LogP contribution in [-0.4, -0.2) is 36.0 Å². The third kappa shape index (κ3) is 6.49. The molecule has 0 aliphatic heterocycles. The van der Waals surface area contributed by atoms with Crippen LogP contribution in [0.1, 0.15) is 18.9 Å². The lowest BCUT2D eigenvalue weighted by Crippen LogP contribution is -2.14. The van der Waals surface area contributed by atoms with Gasteiger partial charge in [-0.3, -0.25) is 9.59 Å². The molecule has 2 N–H and O–H groups in total. The Balaban J connectivity index is 0.000000207. The zero-order valence-corrected chi connectivity index (χ0v) is 16.9. The number of nitrogens with zero attached hydrogens (tertiary/aromatic N) is 1. The van der Waals surface area contributed by atoms with E-state index in [-0.39, 0.29) is 24.0 Å². The van der Waals surface area contributed by atoms with Gasteiger partial charge < -0.3 is 19.9 Å². The first kappa shape index (κ1) is 21.7. The second-order valence-corrected chi connectivity index (χ2v) is 6.34. The third-order valence-electron chi connectivity index (χ3n) is 3.97. The molecule has 1 heterocycles. The highest BCUT2D eigenvalue weighted by Gasteiger charge is 2.05. The van der Waals surface area contributed by atoms with Crippen LogP contribution in [0.15, 0.2) is 48.5 Å². The summed E-state index contributed by atoms with van der Waals surface area (Å²) >= 11 is 0. The summed E-state index contributed by atoms with van der Waals surface area (Å²) in [4.78, 5) is 26.0. The predicted molar refractivity (Wildman–Crippen MR) is 112 cm³/mol. The number of Topliss-reactive ketones (excluding diaryl/α,β-unsaturated/α-hetero) is 1. The van der Waals surface area contributed by atoms with Gasteiger partial charge in [0.2, 0.25) is 11.8 Å². The highest BCUT2D eigenvalue weighted by molar-refractivity contribution is 6.03. The van der Waals surface area contributed by atoms with Crippen molar-refractivity contribution in [2.75, 3.05) is 19.5 Å². The van der Waals surface area contributed by atoms with Crippen molar-refractivity contribution < 1.29 is 24.2 Å². The zero-order valence-electron chi connectivity index (χ0n) is 16.9. The lowest BCUT2D eigenvalue weighted by Gasteiger charge is -2.05. The standard InChI is InChI=1S/C11H13NO3.C11H11NO2/c1-8(13)6-11(14)12-9-4-3-5-10(7-9)15-2;1-7-5-11(13)12-10-6-8(14-2)3-4-9(7)10/h3-5,7H,6H2,1-2H3,(H,12,14);3-6H,1-2H3,(H,12,13). The van der Waals surface area contributed by atoms with Gasteiger partial charge in [-0.25, -0.2) is 4.98 Å². The summed E-state index contributed by atoms with van der Waals surface area (Å²) in [6.07, 6.45) is -0.1000. The SMILES string of the molecule is COc1ccc2c(C)cc(O)nc2c1.COc1cccc(NC(=O)CC(C)=O)c1. The summed E-state index contributed by atoms with van der Waals surface area (Å²) in [6, 6.07) is 14.3. The van der Waals surface area contributed by atoms with Gasteiger partial charge in [-0.05, 0) is 43.7 Å². The molecule has 0 bridgehead atoms. The second-order valence-electron chi connectivity index (χ2n) is 6.34. The Morgan fingerprint density at radius 2 is 1.72 bits per heavy atom. The number of aryl methyl sites for hydroxylation is 1. The Bertz CT molecular complexity index is 1020. The smallest absolute Gasteiger partial charge is 0.231 e. The average molecular weight is 396 g/mol. The van der Waals surface area contributed by atoms with Crippen LogP contribution < -0.4 is 14.8 Å². The molecular weight excluding hydrogens is 372 g/mol. The molecule has 7 heteroatoms. The summed E-state index contributed by atoms with van der Waals surface area (Å²) < 4.78 is 10.1. The first-order chi connectivity index (χ1) is 13.8. The first-order valence-corrected chi connectivity index (χ1v) is 8.90. The van der Waals surface area contributed by atoms with Gasteiger partial charge in [-0.1, -0.05) is 6.07 Å². The van der Waals surface area contributed by atoms with Crippen LogP contribution in [-0.2, 0) is 9.59 Å². The molecule has 1 aromatic heterocycles. The van der Waals surface area contributed by atoms with E-state index in [1.165, 1.54) is 6.92 Å². The number of nitrogens with one attached hydrogen (secondary N) is 1. The van der Waals surface area contributed by atoms with Gasteiger partial charge in [0.25, 0.3) is 0 Å². The molecule has 0 radical (unpaired) electrons. The maximum Gasteiger partial charge on any atom is 0.231 e. The van der Waals surface area contributed by atoms with Gasteiger partial charge in [0, 0.05) is 29.3 Å². The van der Waals surface area contributed by atoms with Crippen molar-refractivity contribution in [3.63, 3.8) is 0 Å². The fourth-order valence-electron chi connectivity index (χ4n) is 2.62. The van der Waals surface area contributed by atoms with Crippen molar-refractivity contribution in [3.8, 4) is 17.4 Å². The van der Waals surface area contributed by atoms with E-state index < -0.39 is 0 Å². The summed E-state index contributed by atoms with van der Waals surface area (Å²) in [6.45, 7) is 3.32. The van der Waals surface area contributed by atoms with Crippen molar-refractivity contribution in [2.24, 2.45) is 0 Å². The Morgan fingerprint density at radius 3 is 2.38 bits per heavy atom. The van der Waals surface area contributed by atoms with E-state index in [4.69, 9.17) is 9.47 Å². The number of carbonyl (C=O) groups is 2. The Kier molecular flexibility index (Phi) is 7.54. The van der Waals surface area contributed by atoms with E-state index >= 15 is 0 Å². The van der Waals surface area contributed by atoms with Gasteiger partial charge in [0.1, 0.15) is 17.3 Å². The van der Waals surface area contributed by atoms with Crippen LogP contribution in [0.3, 0.4) is 0 Å². The fraction of sp³-hybridized carbons (Fsp3) is 0.227. The molecule has 0 atom stereocenters. The Labute approximate surface area is 169 Å². The summed E-state index contributed by atoms with van der Waals surface area (Å²) in [5, 5.41) is 13.0. The van der Waals surface area contributed by atoms with E-state index in [9.17, 15) is 14.7 Å². The van der Waals surface area contributed by atoms with Crippen LogP contribution in [0.5, 0.6) is 17.4 Å². The van der Waals surface area contributed by atoms with Crippen molar-refractivity contribution >= 4 is 28.3 Å². The van der Waals surface area contributed by atoms with Crippen LogP contribution in [0.25, 0.3) is 10.9 Å². The first-order valence-electron chi connectivity index (χ1n) is 8.90. The monoisotopic (exact) mass is 396 g/mol. The zero-order chi connectivity index (χ0) is 21.4. The summed E-state index contributed by atoms with van der Waals surface area (Å²) in [5.74, 6) is 0.986. The van der Waals surface area contributed by atoms with Crippen molar-refractivity contribution in [1.82, 2.24) is 4.98 Å². The molecule has 0 saturated carbocycles. The lowest BCUT2D eigenvalue weighted by molar-refractivity contribution is -0.124. The number of aromatic hydroxyl groups is 1. The molecule has 0 spiro atoms. The third-order valence-corrected chi connectivity index (χ3v) is 3.97. The largest absolute Gasteiger partial charge is 0.497 e. The molecule has 0 saturated heterocycles. The minimum absolute atomic E-state index is 0.0447. The van der Waals surface area contributed by atoms with E-state index in [1.807, 2.05) is 25.1 Å². The number of amides is 1. The number of fused-ring (bicyclic) bond motifs is 1. The Hall–Kier alpha value is -3.61. The average Bonchev–Trinajstić information content (AvgIpc) is 2.67. The number of ketones is 1. The van der Waals surface area contributed by atoms with Gasteiger partial charge in [0.05, 0.1) is 26.2 Å². The van der Waals surface area contributed by atoms with Crippen LogP contribution in [0, 0.1) is 6.92 Å². The molecule has 152 valence electrons. The van der Waals surface area contributed by atoms with Crippen molar-refractivity contribution in [1.29, 1.82) is 0 Å². The van der Waals surface area contributed by atoms with E-state index in [1.54, 1.807) is 44.6 Å². The van der Waals surface area contributed by atoms with Gasteiger partial charge in [0.15, 0.2) is 0 Å². The van der Waals surface area contributed by atoms with Crippen LogP contribution in [0.2, 0.25) is 0 Å². The van der Waals surface area contributed by atoms with Crippen LogP contribution >= 0.6 is 0 Å². The van der Waals surface area contributed by atoms with Crippen molar-refractivity contribution in [3.05, 3.63) is 54.1 Å². The molecule has 3 aromatic rings. The maximum absolute atomic E-state index is 11.2. The quantitative estimate of drug-likeness (QED) is 0.636. The highest BCUT2D eigenvalue weighted by atomic mass is 16.5. The minimum Gasteiger partial charge on any atom is -0.497 e. The fourth-order valence-corrected chi connectivity index (χ4v) is 2.62. The molecule has 3 rings (SSSR count). The molecular formula is C22H24N2O5. The summed E-state index contributed by atoms with van der Waals surface area (Å²) in [5.41, 5.74) is 2.39. The number of benzene rings is 2. The molecule has 0 unspecified atom stereocenters. The van der Waals surface area contributed by atoms with Gasteiger partial charge in [-0.2, -0.15) is 0 Å². The van der Waals surface area contributed by atoms with Gasteiger partial charge in [-0.15, -0.1) is 0 Å². The second kappa shape index (κ2) is 10.1. The van der Waals surface area contributed by atoms with Gasteiger partial charge >= 0.3 is 0 Å². The minimum atomic E-state index is -0.309. The molecule has 0 aliphatic carbocycles. The predicted octanol–water partition coefficient (Wildman–Crippen LogP) is 3.87. The highest BCUT2D eigenvalue weighted by Crippen LogP contribution is 2.24. The number of methoxy groups -OCH3 is 2. The Morgan fingerprint density at radius 1 is 1.03 bits per heavy atom. The summed E-state index contributed by atoms with van der Waals surface area (Å²) in [7, 11) is 3.16. The number of hydrogen-bond acceptors (Lipinski definition) is 6. The number of pyridine rings is 1. The molecule has 2 aromatic carbocycles. The van der Waals surface area contributed by atoms with E-state index in [0.29, 0.717) is 11.4 Å². The molecule has 1 amide bonds. The topological polar surface area (TPSA) is 97.8 Å². The van der Waals surface area contributed by atoms with E-state index in [2.05, 4.69) is 10.3 Å². The van der Waals surface area contributed by atoms with Crippen LogP contribution in [0.4, 0.5) is 5.69 Å². The number of rotatable bonds is 5. The molecule has 7 nitrogen and oxygen atoms in total. The number of carbonyl (C=O) groups excluding carboxylic acids is 2. The molecule has 0 aliphatic rings. The normalized spacial score (nSPS) is 9.93. The van der Waals surface area contributed by atoms with E-state index in [0.717, 1.165) is 22.2 Å². The van der Waals surface area contributed by atoms with Crippen molar-refractivity contribution in [2.45, 2.75) is 20.3 Å². The number of ether oxygens (including phenoxy) is 2. The number of hydrogen-bond donors (Lipinski definition) is 2. The maximum atomic E-state index is 11.2. The number of aromatic nitrogens is 1.